The van der Waals surface area contributed by atoms with Crippen LogP contribution in [-0.4, -0.2) is 18.0 Å². The van der Waals surface area contributed by atoms with Crippen molar-refractivity contribution in [2.75, 3.05) is 7.11 Å². The van der Waals surface area contributed by atoms with Gasteiger partial charge >= 0.3 is 0 Å². The standard InChI is InChI=1S/C8H7ClF2N2O2/c1-15-8-4(7(12)14)2-3(6(10)11)5(9)13-8/h2,6H,1H3,(H2,12,14). The Morgan fingerprint density at radius 1 is 1.67 bits per heavy atom. The lowest BCUT2D eigenvalue weighted by atomic mass is 10.2. The highest BCUT2D eigenvalue weighted by atomic mass is 35.5. The van der Waals surface area contributed by atoms with Crippen LogP contribution in [0.4, 0.5) is 8.78 Å². The zero-order chi connectivity index (χ0) is 11.6. The summed E-state index contributed by atoms with van der Waals surface area (Å²) in [6.45, 7) is 0. The summed E-state index contributed by atoms with van der Waals surface area (Å²) < 4.78 is 29.5. The fraction of sp³-hybridized carbons (Fsp3) is 0.250. The largest absolute Gasteiger partial charge is 0.480 e. The van der Waals surface area contributed by atoms with Gasteiger partial charge in [0.25, 0.3) is 12.3 Å². The van der Waals surface area contributed by atoms with Crippen molar-refractivity contribution in [2.24, 2.45) is 5.73 Å². The number of pyridine rings is 1. The molecule has 0 bridgehead atoms. The van der Waals surface area contributed by atoms with Crippen molar-refractivity contribution in [3.63, 3.8) is 0 Å². The molecule has 1 rings (SSSR count). The highest BCUT2D eigenvalue weighted by molar-refractivity contribution is 6.30. The Hall–Kier alpha value is -1.43. The van der Waals surface area contributed by atoms with E-state index in [1.54, 1.807) is 0 Å². The van der Waals surface area contributed by atoms with Crippen molar-refractivity contribution >= 4 is 17.5 Å². The number of ether oxygens (including phenoxy) is 1. The van der Waals surface area contributed by atoms with Crippen LogP contribution in [0.15, 0.2) is 6.07 Å². The number of nitrogens with two attached hydrogens (primary N) is 1. The molecule has 0 saturated carbocycles. The lowest BCUT2D eigenvalue weighted by Crippen LogP contribution is -2.14. The minimum atomic E-state index is -2.82. The van der Waals surface area contributed by atoms with Crippen LogP contribution in [0, 0.1) is 0 Å². The maximum Gasteiger partial charge on any atom is 0.266 e. The molecule has 2 N–H and O–H groups in total. The Kier molecular flexibility index (Phi) is 3.41. The molecule has 0 aliphatic rings. The van der Waals surface area contributed by atoms with Crippen LogP contribution in [0.1, 0.15) is 22.3 Å². The minimum absolute atomic E-state index is 0.170. The molecule has 0 aliphatic carbocycles. The molecule has 7 heteroatoms. The van der Waals surface area contributed by atoms with E-state index in [0.717, 1.165) is 6.07 Å². The zero-order valence-electron chi connectivity index (χ0n) is 7.63. The van der Waals surface area contributed by atoms with Gasteiger partial charge in [0.1, 0.15) is 10.7 Å². The Morgan fingerprint density at radius 3 is 2.67 bits per heavy atom. The lowest BCUT2D eigenvalue weighted by Gasteiger charge is -2.08. The molecule has 0 atom stereocenters. The molecule has 0 saturated heterocycles. The Labute approximate surface area is 89.0 Å². The summed E-state index contributed by atoms with van der Waals surface area (Å²) in [5, 5.41) is -0.410. The van der Waals surface area contributed by atoms with Crippen molar-refractivity contribution in [1.29, 1.82) is 0 Å². The molecule has 1 heterocycles. The molecule has 0 aliphatic heterocycles. The van der Waals surface area contributed by atoms with Gasteiger partial charge in [0.15, 0.2) is 0 Å². The van der Waals surface area contributed by atoms with Crippen molar-refractivity contribution < 1.29 is 18.3 Å². The summed E-state index contributed by atoms with van der Waals surface area (Å²) in [5.74, 6) is -1.07. The van der Waals surface area contributed by atoms with Gasteiger partial charge in [-0.25, -0.2) is 13.8 Å². The average molecular weight is 237 g/mol. The van der Waals surface area contributed by atoms with E-state index < -0.39 is 23.0 Å². The van der Waals surface area contributed by atoms with E-state index in [0.29, 0.717) is 0 Å². The topological polar surface area (TPSA) is 65.2 Å². The third-order valence-electron chi connectivity index (χ3n) is 1.66. The Bertz CT molecular complexity index is 398. The maximum absolute atomic E-state index is 12.4. The van der Waals surface area contributed by atoms with Crippen LogP contribution >= 0.6 is 11.6 Å². The normalized spacial score (nSPS) is 10.5. The maximum atomic E-state index is 12.4. The van der Waals surface area contributed by atoms with Crippen LogP contribution < -0.4 is 10.5 Å². The fourth-order valence-corrected chi connectivity index (χ4v) is 1.19. The molecule has 0 unspecified atom stereocenters. The SMILES string of the molecule is COc1nc(Cl)c(C(F)F)cc1C(N)=O. The molecular formula is C8H7ClF2N2O2. The third-order valence-corrected chi connectivity index (χ3v) is 1.96. The van der Waals surface area contributed by atoms with E-state index in [1.807, 2.05) is 0 Å². The van der Waals surface area contributed by atoms with Crippen molar-refractivity contribution in [1.82, 2.24) is 4.98 Å². The summed E-state index contributed by atoms with van der Waals surface area (Å²) >= 11 is 5.46. The number of aromatic nitrogens is 1. The predicted octanol–water partition coefficient (Wildman–Crippen LogP) is 1.78. The first kappa shape index (κ1) is 11.6. The smallest absolute Gasteiger partial charge is 0.266 e. The molecule has 0 radical (unpaired) electrons. The van der Waals surface area contributed by atoms with Crippen LogP contribution in [0.5, 0.6) is 5.88 Å². The van der Waals surface area contributed by atoms with Crippen molar-refractivity contribution in [3.05, 3.63) is 22.3 Å². The van der Waals surface area contributed by atoms with Crippen LogP contribution in [0.25, 0.3) is 0 Å². The average Bonchev–Trinajstić information content (AvgIpc) is 2.16. The highest BCUT2D eigenvalue weighted by Gasteiger charge is 2.20. The number of methoxy groups -OCH3 is 1. The van der Waals surface area contributed by atoms with Gasteiger partial charge in [0, 0.05) is 0 Å². The summed E-state index contributed by atoms with van der Waals surface area (Å²) in [7, 11) is 1.23. The summed E-state index contributed by atoms with van der Waals surface area (Å²) in [5.41, 5.74) is 4.19. The number of carbonyl (C=O) groups excluding carboxylic acids is 1. The van der Waals surface area contributed by atoms with E-state index in [9.17, 15) is 13.6 Å². The van der Waals surface area contributed by atoms with Gasteiger partial charge in [-0.2, -0.15) is 0 Å². The Balaban J connectivity index is 3.37. The number of carbonyl (C=O) groups is 1. The van der Waals surface area contributed by atoms with Gasteiger partial charge in [-0.15, -0.1) is 0 Å². The lowest BCUT2D eigenvalue weighted by molar-refractivity contribution is 0.0996. The van der Waals surface area contributed by atoms with Crippen LogP contribution in [0.2, 0.25) is 5.15 Å². The van der Waals surface area contributed by atoms with E-state index in [2.05, 4.69) is 9.72 Å². The van der Waals surface area contributed by atoms with Gasteiger partial charge in [0.2, 0.25) is 5.88 Å². The van der Waals surface area contributed by atoms with Crippen LogP contribution in [-0.2, 0) is 0 Å². The number of amides is 1. The molecule has 4 nitrogen and oxygen atoms in total. The molecule has 0 spiro atoms. The number of hydrogen-bond donors (Lipinski definition) is 1. The number of alkyl halides is 2. The van der Waals surface area contributed by atoms with Crippen LogP contribution in [0.3, 0.4) is 0 Å². The van der Waals surface area contributed by atoms with Gasteiger partial charge in [-0.05, 0) is 6.07 Å². The second-order valence-electron chi connectivity index (χ2n) is 2.59. The number of nitrogens with zero attached hydrogens (tertiary/aromatic N) is 1. The van der Waals surface area contributed by atoms with Crippen molar-refractivity contribution in [3.8, 4) is 5.88 Å². The first-order valence-corrected chi connectivity index (χ1v) is 4.17. The van der Waals surface area contributed by atoms with E-state index >= 15 is 0 Å². The van der Waals surface area contributed by atoms with Gasteiger partial charge in [0.05, 0.1) is 12.7 Å². The monoisotopic (exact) mass is 236 g/mol. The van der Waals surface area contributed by atoms with E-state index in [4.69, 9.17) is 17.3 Å². The number of hydrogen-bond acceptors (Lipinski definition) is 3. The Morgan fingerprint density at radius 2 is 2.27 bits per heavy atom. The van der Waals surface area contributed by atoms with E-state index in [-0.39, 0.29) is 11.4 Å². The molecule has 1 amide bonds. The van der Waals surface area contributed by atoms with Gasteiger partial charge in [-0.1, -0.05) is 11.6 Å². The first-order valence-electron chi connectivity index (χ1n) is 3.79. The first-order chi connectivity index (χ1) is 6.97. The minimum Gasteiger partial charge on any atom is -0.480 e. The van der Waals surface area contributed by atoms with Gasteiger partial charge < -0.3 is 10.5 Å². The fourth-order valence-electron chi connectivity index (χ4n) is 0.976. The summed E-state index contributed by atoms with van der Waals surface area (Å²) in [6, 6.07) is 0.876. The third kappa shape index (κ3) is 2.33. The number of primary amides is 1. The number of rotatable bonds is 3. The predicted molar refractivity (Wildman–Crippen MR) is 49.3 cm³/mol. The molecule has 1 aromatic heterocycles. The highest BCUT2D eigenvalue weighted by Crippen LogP contribution is 2.29. The summed E-state index contributed by atoms with van der Waals surface area (Å²) in [6.07, 6.45) is -2.82. The second-order valence-corrected chi connectivity index (χ2v) is 2.95. The molecular weight excluding hydrogens is 230 g/mol. The summed E-state index contributed by atoms with van der Waals surface area (Å²) in [4.78, 5) is 14.4. The quantitative estimate of drug-likeness (QED) is 0.814. The van der Waals surface area contributed by atoms with Gasteiger partial charge in [-0.3, -0.25) is 4.79 Å². The van der Waals surface area contributed by atoms with Crippen molar-refractivity contribution in [2.45, 2.75) is 6.43 Å². The van der Waals surface area contributed by atoms with E-state index in [1.165, 1.54) is 7.11 Å². The molecule has 0 aromatic carbocycles. The second kappa shape index (κ2) is 4.39. The number of halogens is 3. The molecule has 15 heavy (non-hydrogen) atoms. The molecule has 0 fully saturated rings. The molecule has 82 valence electrons. The molecule has 1 aromatic rings. The zero-order valence-corrected chi connectivity index (χ0v) is 8.39.